The second-order valence-electron chi connectivity index (χ2n) is 7.39. The Kier molecular flexibility index (Phi) is 5.74. The Labute approximate surface area is 182 Å². The minimum atomic E-state index is -1.17. The Morgan fingerprint density at radius 2 is 1.90 bits per heavy atom. The number of aliphatic hydroxyl groups is 1. The second-order valence-corrected chi connectivity index (χ2v) is 7.70. The van der Waals surface area contributed by atoms with Crippen LogP contribution in [0.5, 0.6) is 5.75 Å². The van der Waals surface area contributed by atoms with Gasteiger partial charge in [0.1, 0.15) is 17.7 Å². The number of aryl methyl sites for hydroxylation is 1. The first kappa shape index (κ1) is 20.4. The van der Waals surface area contributed by atoms with Gasteiger partial charge in [0.25, 0.3) is 5.91 Å². The van der Waals surface area contributed by atoms with Crippen LogP contribution in [0.15, 0.2) is 42.5 Å². The Bertz CT molecular complexity index is 1090. The van der Waals surface area contributed by atoms with Crippen LogP contribution < -0.4 is 4.90 Å². The summed E-state index contributed by atoms with van der Waals surface area (Å²) in [6.07, 6.45) is -1.17. The summed E-state index contributed by atoms with van der Waals surface area (Å²) in [5.41, 5.74) is 2.45. The summed E-state index contributed by atoms with van der Waals surface area (Å²) in [6, 6.07) is 13.0. The molecular weight excluding hydrogens is 404 g/mol. The summed E-state index contributed by atoms with van der Waals surface area (Å²) >= 11 is 5.61. The number of phenolic OH excluding ortho intramolecular Hbond substituents is 1. The van der Waals surface area contributed by atoms with Gasteiger partial charge >= 0.3 is 0 Å². The molecule has 1 aliphatic rings. The van der Waals surface area contributed by atoms with Crippen LogP contribution in [0.3, 0.4) is 0 Å². The van der Waals surface area contributed by atoms with E-state index in [0.29, 0.717) is 37.6 Å². The number of hydrogen-bond donors (Lipinski definition) is 2. The molecule has 0 saturated carbocycles. The molecule has 1 saturated heterocycles. The molecule has 1 amide bonds. The maximum absolute atomic E-state index is 12.2. The zero-order valence-electron chi connectivity index (χ0n) is 16.6. The first-order valence-corrected chi connectivity index (χ1v) is 10.4. The van der Waals surface area contributed by atoms with Crippen molar-refractivity contribution in [1.29, 1.82) is 0 Å². The van der Waals surface area contributed by atoms with Crippen LogP contribution >= 0.6 is 11.6 Å². The van der Waals surface area contributed by atoms with Crippen LogP contribution in [0.1, 0.15) is 8.42 Å². The average Bonchev–Trinajstić information content (AvgIpc) is 2.77. The minimum Gasteiger partial charge on any atom is -0.507 e. The molecule has 1 unspecified atom stereocenters. The number of para-hydroxylation sites is 1. The van der Waals surface area contributed by atoms with Crippen molar-refractivity contribution in [3.8, 4) is 17.1 Å². The normalized spacial score (nSPS) is 15.4. The molecule has 7 nitrogen and oxygen atoms in total. The number of alkyl halides is 1. The summed E-state index contributed by atoms with van der Waals surface area (Å²) in [4.78, 5) is 25.4. The van der Waals surface area contributed by atoms with Crippen LogP contribution in [0.4, 0.5) is 5.82 Å². The molecular formula is C22H27ClN4O3. The van der Waals surface area contributed by atoms with Crippen molar-refractivity contribution in [2.45, 2.75) is 13.0 Å². The van der Waals surface area contributed by atoms with Crippen LogP contribution in [-0.4, -0.2) is 69.2 Å². The first-order chi connectivity index (χ1) is 14.5. The molecule has 1 atom stereocenters. The zero-order valence-corrected chi connectivity index (χ0v) is 17.4. The van der Waals surface area contributed by atoms with E-state index in [4.69, 9.17) is 21.6 Å². The van der Waals surface area contributed by atoms with Gasteiger partial charge in [0.05, 0.1) is 17.0 Å². The van der Waals surface area contributed by atoms with Crippen molar-refractivity contribution in [2.75, 3.05) is 37.0 Å². The third kappa shape index (κ3) is 3.91. The SMILES string of the molecule is Cc1ccc2c(N3CCN(C(=O)C(O)CCl)CC3)nc(-c3ccccc3O)nc2c1.[HH].[HH]. The van der Waals surface area contributed by atoms with Gasteiger partial charge in [-0.2, -0.15) is 0 Å². The molecule has 2 heterocycles. The number of amides is 1. The number of aliphatic hydroxyl groups excluding tert-OH is 1. The van der Waals surface area contributed by atoms with Gasteiger partial charge in [0.15, 0.2) is 5.82 Å². The predicted octanol–water partition coefficient (Wildman–Crippen LogP) is 3.05. The molecule has 2 aromatic carbocycles. The molecule has 0 bridgehead atoms. The van der Waals surface area contributed by atoms with Crippen molar-refractivity contribution >= 4 is 34.2 Å². The number of phenols is 1. The molecule has 1 aromatic heterocycles. The number of hydrogen-bond acceptors (Lipinski definition) is 6. The number of piperazine rings is 1. The fourth-order valence-corrected chi connectivity index (χ4v) is 3.79. The first-order valence-electron chi connectivity index (χ1n) is 9.82. The van der Waals surface area contributed by atoms with Gasteiger partial charge in [-0.3, -0.25) is 4.79 Å². The van der Waals surface area contributed by atoms with E-state index in [0.717, 1.165) is 22.3 Å². The molecule has 1 aliphatic heterocycles. The minimum absolute atomic E-state index is 0. The molecule has 2 N–H and O–H groups in total. The third-order valence-corrected chi connectivity index (χ3v) is 5.59. The van der Waals surface area contributed by atoms with E-state index in [1.165, 1.54) is 0 Å². The van der Waals surface area contributed by atoms with E-state index in [-0.39, 0.29) is 20.4 Å². The molecule has 0 radical (unpaired) electrons. The molecule has 4 rings (SSSR count). The highest BCUT2D eigenvalue weighted by atomic mass is 35.5. The van der Waals surface area contributed by atoms with Gasteiger partial charge in [0, 0.05) is 34.4 Å². The van der Waals surface area contributed by atoms with Crippen LogP contribution in [0, 0.1) is 6.92 Å². The van der Waals surface area contributed by atoms with Crippen LogP contribution in [0.25, 0.3) is 22.3 Å². The van der Waals surface area contributed by atoms with E-state index in [1.807, 2.05) is 31.2 Å². The van der Waals surface area contributed by atoms with E-state index < -0.39 is 6.10 Å². The summed E-state index contributed by atoms with van der Waals surface area (Å²) < 4.78 is 0. The fraction of sp³-hybridized carbons (Fsp3) is 0.318. The smallest absolute Gasteiger partial charge is 0.252 e. The number of carbonyl (C=O) groups excluding carboxylic acids is 1. The maximum atomic E-state index is 12.2. The van der Waals surface area contributed by atoms with Gasteiger partial charge in [-0.15, -0.1) is 11.6 Å². The Morgan fingerprint density at radius 3 is 2.60 bits per heavy atom. The maximum Gasteiger partial charge on any atom is 0.252 e. The molecule has 8 heteroatoms. The molecule has 160 valence electrons. The molecule has 0 spiro atoms. The number of benzene rings is 2. The molecule has 3 aromatic rings. The van der Waals surface area contributed by atoms with Crippen molar-refractivity contribution in [1.82, 2.24) is 14.9 Å². The van der Waals surface area contributed by atoms with Gasteiger partial charge in [0.2, 0.25) is 0 Å². The molecule has 30 heavy (non-hydrogen) atoms. The summed E-state index contributed by atoms with van der Waals surface area (Å²) in [5.74, 6) is 0.892. The monoisotopic (exact) mass is 430 g/mol. The highest BCUT2D eigenvalue weighted by Gasteiger charge is 2.27. The quantitative estimate of drug-likeness (QED) is 0.618. The highest BCUT2D eigenvalue weighted by molar-refractivity contribution is 6.19. The Balaban J connectivity index is 0.00000181. The largest absolute Gasteiger partial charge is 0.507 e. The lowest BCUT2D eigenvalue weighted by atomic mass is 10.1. The number of anilines is 1. The summed E-state index contributed by atoms with van der Waals surface area (Å²) in [7, 11) is 0. The lowest BCUT2D eigenvalue weighted by Crippen LogP contribution is -2.52. The Hall–Kier alpha value is -2.90. The number of rotatable bonds is 4. The number of fused-ring (bicyclic) bond motifs is 1. The van der Waals surface area contributed by atoms with Gasteiger partial charge in [-0.1, -0.05) is 18.2 Å². The molecule has 1 fully saturated rings. The van der Waals surface area contributed by atoms with Gasteiger partial charge < -0.3 is 20.0 Å². The van der Waals surface area contributed by atoms with Gasteiger partial charge in [-0.25, -0.2) is 9.97 Å². The van der Waals surface area contributed by atoms with Crippen molar-refractivity contribution < 1.29 is 17.9 Å². The van der Waals surface area contributed by atoms with Crippen molar-refractivity contribution in [3.05, 3.63) is 48.0 Å². The van der Waals surface area contributed by atoms with Crippen molar-refractivity contribution in [3.63, 3.8) is 0 Å². The topological polar surface area (TPSA) is 89.8 Å². The van der Waals surface area contributed by atoms with Crippen LogP contribution in [-0.2, 0) is 4.79 Å². The van der Waals surface area contributed by atoms with Gasteiger partial charge in [-0.05, 0) is 36.8 Å². The highest BCUT2D eigenvalue weighted by Crippen LogP contribution is 2.32. The summed E-state index contributed by atoms with van der Waals surface area (Å²) in [5, 5.41) is 20.9. The molecule has 0 aliphatic carbocycles. The van der Waals surface area contributed by atoms with Crippen LogP contribution in [0.2, 0.25) is 0 Å². The zero-order chi connectivity index (χ0) is 21.3. The number of aromatic hydroxyl groups is 1. The predicted molar refractivity (Wildman–Crippen MR) is 121 cm³/mol. The Morgan fingerprint density at radius 1 is 1.17 bits per heavy atom. The number of halogens is 1. The fourth-order valence-electron chi connectivity index (χ4n) is 3.66. The summed E-state index contributed by atoms with van der Waals surface area (Å²) in [6.45, 7) is 4.08. The average molecular weight is 431 g/mol. The lowest BCUT2D eigenvalue weighted by Gasteiger charge is -2.36. The third-order valence-electron chi connectivity index (χ3n) is 5.30. The number of carbonyl (C=O) groups is 1. The standard InChI is InChI=1S/C22H23ClN4O3.2H2/c1-14-6-7-15-17(12-14)24-20(16-4-2-3-5-18(16)28)25-21(15)26-8-10-27(11-9-26)22(30)19(29)13-23;;/h2-7,12,19,28-29H,8-11,13H2,1H3;2*1H. The van der Waals surface area contributed by atoms with Crippen molar-refractivity contribution in [2.24, 2.45) is 0 Å². The number of nitrogens with zero attached hydrogens (tertiary/aromatic N) is 4. The second kappa shape index (κ2) is 8.45. The van der Waals surface area contributed by atoms with E-state index in [2.05, 4.69) is 4.90 Å². The lowest BCUT2D eigenvalue weighted by molar-refractivity contribution is -0.139. The van der Waals surface area contributed by atoms with E-state index >= 15 is 0 Å². The number of aromatic nitrogens is 2. The van der Waals surface area contributed by atoms with E-state index in [9.17, 15) is 15.0 Å². The van der Waals surface area contributed by atoms with E-state index in [1.54, 1.807) is 23.1 Å².